The molecule has 246 valence electrons. The number of carbonyl (C=O) groups excluding carboxylic acids is 3. The van der Waals surface area contributed by atoms with Gasteiger partial charge in [0.15, 0.2) is 11.5 Å². The molecule has 0 radical (unpaired) electrons. The van der Waals surface area contributed by atoms with E-state index < -0.39 is 30.0 Å². The molecule has 0 fully saturated rings. The van der Waals surface area contributed by atoms with E-state index in [0.717, 1.165) is 11.1 Å². The summed E-state index contributed by atoms with van der Waals surface area (Å²) in [6, 6.07) is 4.75. The van der Waals surface area contributed by atoms with Crippen LogP contribution < -0.4 is 35.6 Å². The number of carbonyl (C=O) groups is 3. The molecule has 0 spiro atoms. The van der Waals surface area contributed by atoms with Crippen LogP contribution in [0.3, 0.4) is 0 Å². The summed E-state index contributed by atoms with van der Waals surface area (Å²) in [6.07, 6.45) is 3.84. The Kier molecular flexibility index (Phi) is 13.0. The Morgan fingerprint density at radius 2 is 1.71 bits per heavy atom. The minimum absolute atomic E-state index is 0.138. The molecule has 0 saturated carbocycles. The van der Waals surface area contributed by atoms with Crippen LogP contribution >= 0.6 is 11.8 Å². The highest BCUT2D eigenvalue weighted by molar-refractivity contribution is 7.98. The van der Waals surface area contributed by atoms with Crippen LogP contribution in [0.2, 0.25) is 0 Å². The van der Waals surface area contributed by atoms with Gasteiger partial charge in [0, 0.05) is 12.5 Å². The lowest BCUT2D eigenvalue weighted by Gasteiger charge is -2.23. The molecular formula is C33H45N3O8S. The van der Waals surface area contributed by atoms with Crippen LogP contribution in [-0.4, -0.2) is 70.3 Å². The number of ether oxygens (including phenoxy) is 4. The van der Waals surface area contributed by atoms with Crippen LogP contribution in [-0.2, 0) is 25.5 Å². The van der Waals surface area contributed by atoms with Crippen LogP contribution in [0.4, 0.5) is 5.69 Å². The van der Waals surface area contributed by atoms with Crippen LogP contribution in [0.25, 0.3) is 11.1 Å². The number of amides is 2. The number of hydrogen-bond acceptors (Lipinski definition) is 10. The van der Waals surface area contributed by atoms with Crippen molar-refractivity contribution in [2.75, 3.05) is 45.8 Å². The Labute approximate surface area is 269 Å². The fourth-order valence-electron chi connectivity index (χ4n) is 5.62. The fourth-order valence-corrected chi connectivity index (χ4v) is 6.09. The summed E-state index contributed by atoms with van der Waals surface area (Å²) in [7, 11) is 5.91. The monoisotopic (exact) mass is 643 g/mol. The van der Waals surface area contributed by atoms with E-state index in [-0.39, 0.29) is 22.9 Å². The zero-order valence-electron chi connectivity index (χ0n) is 27.3. The summed E-state index contributed by atoms with van der Waals surface area (Å²) >= 11 is 1.57. The number of thioether (sulfide) groups is 1. The highest BCUT2D eigenvalue weighted by atomic mass is 32.2. The quantitative estimate of drug-likeness (QED) is 0.258. The number of benzene rings is 1. The van der Waals surface area contributed by atoms with E-state index in [1.807, 2.05) is 26.2 Å². The van der Waals surface area contributed by atoms with Crippen molar-refractivity contribution in [1.82, 2.24) is 10.6 Å². The number of hydrogen-bond donors (Lipinski definition) is 3. The topological polar surface area (TPSA) is 141 Å². The minimum Gasteiger partial charge on any atom is -0.493 e. The number of fused-ring (bicyclic) bond motifs is 3. The standard InChI is InChI=1S/C33H45N3O8S/c1-18(2)15-26(33(40)44-7)36-32(39)25(13-14-45-8)35-24-12-10-21-22(17-27(24)38)23(34-19(3)37)11-9-20-16-28(41-4)30(42-5)31(43-6)29(20)21/h10,12,16-18,23,25-26H,9,11,13-15H2,1-8H3,(H,34,37)(H,35,38)(H,36,39). The van der Waals surface area contributed by atoms with Gasteiger partial charge < -0.3 is 34.9 Å². The highest BCUT2D eigenvalue weighted by Crippen LogP contribution is 2.50. The van der Waals surface area contributed by atoms with Crippen molar-refractivity contribution >= 4 is 35.2 Å². The zero-order chi connectivity index (χ0) is 33.3. The van der Waals surface area contributed by atoms with Crippen molar-refractivity contribution in [3.05, 3.63) is 45.6 Å². The molecule has 11 nitrogen and oxygen atoms in total. The van der Waals surface area contributed by atoms with Crippen LogP contribution in [0.15, 0.2) is 29.1 Å². The Morgan fingerprint density at radius 1 is 1.00 bits per heavy atom. The number of anilines is 1. The van der Waals surface area contributed by atoms with E-state index in [4.69, 9.17) is 18.9 Å². The third-order valence-corrected chi connectivity index (χ3v) is 8.33. The molecule has 0 bridgehead atoms. The van der Waals surface area contributed by atoms with E-state index in [1.54, 1.807) is 31.0 Å². The van der Waals surface area contributed by atoms with E-state index >= 15 is 0 Å². The number of nitrogens with one attached hydrogen (secondary N) is 3. The van der Waals surface area contributed by atoms with Gasteiger partial charge in [0.2, 0.25) is 23.0 Å². The molecule has 1 aliphatic carbocycles. The second kappa shape index (κ2) is 16.4. The minimum atomic E-state index is -0.815. The van der Waals surface area contributed by atoms with Gasteiger partial charge in [-0.25, -0.2) is 4.79 Å². The lowest BCUT2D eigenvalue weighted by atomic mass is 9.95. The van der Waals surface area contributed by atoms with Gasteiger partial charge in [-0.1, -0.05) is 19.9 Å². The van der Waals surface area contributed by atoms with E-state index in [1.165, 1.54) is 34.3 Å². The van der Waals surface area contributed by atoms with E-state index in [9.17, 15) is 19.2 Å². The Bertz CT molecular complexity index is 1450. The predicted molar refractivity (Wildman–Crippen MR) is 176 cm³/mol. The molecule has 2 aromatic rings. The summed E-state index contributed by atoms with van der Waals surface area (Å²) in [4.78, 5) is 52.0. The first kappa shape index (κ1) is 35.5. The highest BCUT2D eigenvalue weighted by Gasteiger charge is 2.31. The Morgan fingerprint density at radius 3 is 2.29 bits per heavy atom. The molecule has 2 aromatic carbocycles. The van der Waals surface area contributed by atoms with Gasteiger partial charge in [0.1, 0.15) is 12.1 Å². The van der Waals surface area contributed by atoms with Crippen molar-refractivity contribution < 1.29 is 33.3 Å². The molecule has 12 heteroatoms. The molecule has 2 amide bonds. The molecule has 1 aliphatic rings. The van der Waals surface area contributed by atoms with Gasteiger partial charge in [-0.3, -0.25) is 14.4 Å². The molecule has 3 rings (SSSR count). The fraction of sp³-hybridized carbons (Fsp3) is 0.515. The summed E-state index contributed by atoms with van der Waals surface area (Å²) in [5.74, 6) is 0.969. The number of methoxy groups -OCH3 is 4. The van der Waals surface area contributed by atoms with Gasteiger partial charge in [-0.2, -0.15) is 11.8 Å². The molecule has 3 N–H and O–H groups in total. The van der Waals surface area contributed by atoms with Crippen molar-refractivity contribution in [1.29, 1.82) is 0 Å². The summed E-state index contributed by atoms with van der Waals surface area (Å²) in [5, 5.41) is 8.97. The normalized spacial score (nSPS) is 15.0. The van der Waals surface area contributed by atoms with Crippen LogP contribution in [0, 0.1) is 5.92 Å². The second-order valence-corrected chi connectivity index (χ2v) is 12.3. The molecule has 45 heavy (non-hydrogen) atoms. The number of rotatable bonds is 14. The first-order chi connectivity index (χ1) is 21.5. The number of esters is 1. The average molecular weight is 644 g/mol. The maximum atomic E-state index is 13.8. The Hall–Kier alpha value is -3.93. The first-order valence-corrected chi connectivity index (χ1v) is 16.3. The second-order valence-electron chi connectivity index (χ2n) is 11.3. The van der Waals surface area contributed by atoms with Crippen LogP contribution in [0.5, 0.6) is 17.2 Å². The van der Waals surface area contributed by atoms with Crippen molar-refractivity contribution in [2.45, 2.75) is 64.6 Å². The molecule has 0 aromatic heterocycles. The summed E-state index contributed by atoms with van der Waals surface area (Å²) in [6.45, 7) is 5.35. The van der Waals surface area contributed by atoms with Crippen molar-refractivity contribution in [3.63, 3.8) is 0 Å². The van der Waals surface area contributed by atoms with Gasteiger partial charge in [0.25, 0.3) is 0 Å². The molecule has 0 aliphatic heterocycles. The Balaban J connectivity index is 2.17. The van der Waals surface area contributed by atoms with Crippen LogP contribution in [0.1, 0.15) is 57.2 Å². The maximum Gasteiger partial charge on any atom is 0.328 e. The lowest BCUT2D eigenvalue weighted by molar-refractivity contribution is -0.145. The SMILES string of the molecule is COC(=O)C(CC(C)C)NC(=O)C(CCSC)Nc1ccc2c(cc1=O)C(NC(C)=O)CCc1cc(OC)c(OC)c(OC)c1-2. The van der Waals surface area contributed by atoms with E-state index in [0.29, 0.717) is 59.8 Å². The molecule has 0 heterocycles. The summed E-state index contributed by atoms with van der Waals surface area (Å²) < 4.78 is 22.0. The molecule has 3 atom stereocenters. The number of aryl methyl sites for hydroxylation is 1. The predicted octanol–water partition coefficient (Wildman–Crippen LogP) is 4.10. The van der Waals surface area contributed by atoms with Gasteiger partial charge in [-0.05, 0) is 78.5 Å². The molecular weight excluding hydrogens is 598 g/mol. The largest absolute Gasteiger partial charge is 0.493 e. The third-order valence-electron chi connectivity index (χ3n) is 7.68. The smallest absolute Gasteiger partial charge is 0.328 e. The third kappa shape index (κ3) is 8.62. The van der Waals surface area contributed by atoms with Crippen molar-refractivity contribution in [2.24, 2.45) is 5.92 Å². The maximum absolute atomic E-state index is 13.8. The first-order valence-electron chi connectivity index (χ1n) is 14.9. The summed E-state index contributed by atoms with van der Waals surface area (Å²) in [5.41, 5.74) is 2.76. The van der Waals surface area contributed by atoms with Gasteiger partial charge in [0.05, 0.1) is 40.2 Å². The lowest BCUT2D eigenvalue weighted by Crippen LogP contribution is -2.49. The average Bonchev–Trinajstić information content (AvgIpc) is 3.25. The molecule has 0 saturated heterocycles. The van der Waals surface area contributed by atoms with Gasteiger partial charge in [-0.15, -0.1) is 0 Å². The zero-order valence-corrected chi connectivity index (χ0v) is 28.1. The van der Waals surface area contributed by atoms with E-state index in [2.05, 4.69) is 16.0 Å². The van der Waals surface area contributed by atoms with Crippen molar-refractivity contribution in [3.8, 4) is 28.4 Å². The van der Waals surface area contributed by atoms with Gasteiger partial charge >= 0.3 is 5.97 Å². The molecule has 3 unspecified atom stereocenters.